The number of aromatic nitrogens is 1. The fourth-order valence-corrected chi connectivity index (χ4v) is 5.83. The van der Waals surface area contributed by atoms with E-state index in [-0.39, 0.29) is 5.82 Å². The van der Waals surface area contributed by atoms with Gasteiger partial charge in [0.05, 0.1) is 13.8 Å². The molecule has 0 bridgehead atoms. The van der Waals surface area contributed by atoms with Gasteiger partial charge in [-0.25, -0.2) is 4.39 Å². The van der Waals surface area contributed by atoms with Gasteiger partial charge < -0.3 is 0 Å². The number of hydrogen-bond acceptors (Lipinski definition) is 1. The van der Waals surface area contributed by atoms with Crippen LogP contribution in [0.4, 0.5) is 4.39 Å². The van der Waals surface area contributed by atoms with Crippen molar-refractivity contribution in [2.75, 3.05) is 0 Å². The van der Waals surface area contributed by atoms with Crippen molar-refractivity contribution in [1.82, 2.24) is 4.98 Å². The Kier molecular flexibility index (Phi) is 4.26. The number of nitrogens with zero attached hydrogens (tertiary/aromatic N) is 1. The van der Waals surface area contributed by atoms with E-state index in [9.17, 15) is 0 Å². The molecule has 3 heteroatoms. The Bertz CT molecular complexity index is 1450. The van der Waals surface area contributed by atoms with Crippen molar-refractivity contribution in [2.24, 2.45) is 0 Å². The van der Waals surface area contributed by atoms with Gasteiger partial charge in [0.15, 0.2) is 0 Å². The molecule has 0 N–H and O–H groups in total. The van der Waals surface area contributed by atoms with Gasteiger partial charge in [-0.2, -0.15) is 0 Å². The minimum absolute atomic E-state index is 0.0888. The third-order valence-electron chi connectivity index (χ3n) is 6.00. The Hall–Kier alpha value is -3.04. The van der Waals surface area contributed by atoms with E-state index in [0.717, 1.165) is 38.0 Å². The SMILES string of the molecule is Cc1cc(-c2nccc3c2ccc2cc([Si](C)(C)C)c(F)cc23)cc2ccccc12. The lowest BCUT2D eigenvalue weighted by atomic mass is 9.95. The molecule has 1 nitrogen and oxygen atoms in total. The highest BCUT2D eigenvalue weighted by Gasteiger charge is 2.22. The Morgan fingerprint density at radius 1 is 0.733 bits per heavy atom. The summed E-state index contributed by atoms with van der Waals surface area (Å²) >= 11 is 0. The fourth-order valence-electron chi connectivity index (χ4n) is 4.45. The molecular weight excluding hydrogens is 385 g/mol. The maximum absolute atomic E-state index is 15.0. The van der Waals surface area contributed by atoms with E-state index in [0.29, 0.717) is 0 Å². The lowest BCUT2D eigenvalue weighted by molar-refractivity contribution is 0.637. The summed E-state index contributed by atoms with van der Waals surface area (Å²) in [5, 5.41) is 7.49. The second-order valence-corrected chi connectivity index (χ2v) is 14.2. The third kappa shape index (κ3) is 3.01. The first-order valence-corrected chi connectivity index (χ1v) is 13.8. The van der Waals surface area contributed by atoms with Crippen LogP contribution in [0.2, 0.25) is 19.6 Å². The van der Waals surface area contributed by atoms with Crippen molar-refractivity contribution in [2.45, 2.75) is 26.6 Å². The zero-order valence-corrected chi connectivity index (χ0v) is 18.8. The van der Waals surface area contributed by atoms with E-state index in [4.69, 9.17) is 4.98 Å². The maximum Gasteiger partial charge on any atom is 0.123 e. The minimum atomic E-state index is -1.75. The molecule has 1 heterocycles. The van der Waals surface area contributed by atoms with Crippen molar-refractivity contribution in [1.29, 1.82) is 0 Å². The minimum Gasteiger partial charge on any atom is -0.256 e. The van der Waals surface area contributed by atoms with E-state index in [1.54, 1.807) is 6.07 Å². The van der Waals surface area contributed by atoms with Crippen LogP contribution in [-0.4, -0.2) is 13.1 Å². The van der Waals surface area contributed by atoms with Gasteiger partial charge >= 0.3 is 0 Å². The lowest BCUT2D eigenvalue weighted by Gasteiger charge is -2.19. The van der Waals surface area contributed by atoms with Gasteiger partial charge in [0.25, 0.3) is 0 Å². The second-order valence-electron chi connectivity index (χ2n) is 9.14. The molecule has 30 heavy (non-hydrogen) atoms. The highest BCUT2D eigenvalue weighted by atomic mass is 28.3. The molecule has 148 valence electrons. The third-order valence-corrected chi connectivity index (χ3v) is 8.00. The van der Waals surface area contributed by atoms with Crippen molar-refractivity contribution in [3.05, 3.63) is 84.3 Å². The van der Waals surface area contributed by atoms with Crippen LogP contribution in [0.15, 0.2) is 72.9 Å². The van der Waals surface area contributed by atoms with E-state index in [1.807, 2.05) is 12.3 Å². The van der Waals surface area contributed by atoms with Gasteiger partial charge in [-0.3, -0.25) is 4.98 Å². The van der Waals surface area contributed by atoms with Gasteiger partial charge in [-0.15, -0.1) is 0 Å². The molecule has 0 aliphatic rings. The Morgan fingerprint density at radius 2 is 1.50 bits per heavy atom. The monoisotopic (exact) mass is 409 g/mol. The maximum atomic E-state index is 15.0. The Balaban J connectivity index is 1.79. The first kappa shape index (κ1) is 19.0. The number of rotatable bonds is 2. The predicted molar refractivity (Wildman–Crippen MR) is 130 cm³/mol. The molecule has 0 saturated carbocycles. The molecule has 0 atom stereocenters. The molecule has 4 aromatic carbocycles. The summed E-state index contributed by atoms with van der Waals surface area (Å²) in [4.78, 5) is 4.72. The molecular formula is C27H24FNSi. The van der Waals surface area contributed by atoms with Crippen molar-refractivity contribution in [3.63, 3.8) is 0 Å². The summed E-state index contributed by atoms with van der Waals surface area (Å²) < 4.78 is 15.0. The molecule has 1 aromatic heterocycles. The van der Waals surface area contributed by atoms with Crippen LogP contribution < -0.4 is 5.19 Å². The number of halogens is 1. The molecule has 5 rings (SSSR count). The summed E-state index contributed by atoms with van der Waals surface area (Å²) in [7, 11) is -1.75. The lowest BCUT2D eigenvalue weighted by Crippen LogP contribution is -2.39. The van der Waals surface area contributed by atoms with Crippen LogP contribution in [0.25, 0.3) is 43.6 Å². The predicted octanol–water partition coefficient (Wildman–Crippen LogP) is 7.20. The normalized spacial score (nSPS) is 12.2. The van der Waals surface area contributed by atoms with Crippen molar-refractivity contribution >= 4 is 45.6 Å². The quantitative estimate of drug-likeness (QED) is 0.222. The molecule has 0 unspecified atom stereocenters. The second kappa shape index (κ2) is 6.75. The van der Waals surface area contributed by atoms with Crippen LogP contribution >= 0.6 is 0 Å². The standard InChI is InChI=1S/C27H24FNSi/c1-17-13-20(14-18-7-5-6-8-21(17)18)27-23-10-9-19-15-26(30(2,3)4)25(28)16-24(19)22(23)11-12-29-27/h5-16H,1-4H3. The van der Waals surface area contributed by atoms with Crippen LogP contribution in [-0.2, 0) is 0 Å². The van der Waals surface area contributed by atoms with Gasteiger partial charge in [0.2, 0.25) is 0 Å². The van der Waals surface area contributed by atoms with E-state index >= 15 is 4.39 Å². The van der Waals surface area contributed by atoms with Crippen LogP contribution in [0.3, 0.4) is 0 Å². The van der Waals surface area contributed by atoms with Gasteiger partial charge in [0.1, 0.15) is 5.82 Å². The topological polar surface area (TPSA) is 12.9 Å². The molecule has 0 saturated heterocycles. The summed E-state index contributed by atoms with van der Waals surface area (Å²) in [6.07, 6.45) is 1.84. The summed E-state index contributed by atoms with van der Waals surface area (Å²) in [5.74, 6) is -0.0888. The molecule has 0 spiro atoms. The summed E-state index contributed by atoms with van der Waals surface area (Å²) in [5.41, 5.74) is 3.27. The van der Waals surface area contributed by atoms with Crippen molar-refractivity contribution in [3.8, 4) is 11.3 Å². The molecule has 0 aliphatic carbocycles. The zero-order valence-electron chi connectivity index (χ0n) is 17.8. The van der Waals surface area contributed by atoms with E-state index in [1.165, 1.54) is 16.3 Å². The molecule has 0 amide bonds. The number of fused-ring (bicyclic) bond motifs is 4. The number of benzene rings is 4. The van der Waals surface area contributed by atoms with Crippen LogP contribution in [0.5, 0.6) is 0 Å². The first-order valence-electron chi connectivity index (χ1n) is 10.3. The summed E-state index contributed by atoms with van der Waals surface area (Å²) in [6.45, 7) is 8.69. The first-order chi connectivity index (χ1) is 14.3. The number of pyridine rings is 1. The van der Waals surface area contributed by atoms with Crippen molar-refractivity contribution < 1.29 is 4.39 Å². The molecule has 5 aromatic rings. The molecule has 0 radical (unpaired) electrons. The van der Waals surface area contributed by atoms with E-state index < -0.39 is 8.07 Å². The fraction of sp³-hybridized carbons (Fsp3) is 0.148. The Morgan fingerprint density at radius 3 is 2.30 bits per heavy atom. The number of aryl methyl sites for hydroxylation is 1. The van der Waals surface area contributed by atoms with E-state index in [2.05, 4.69) is 81.2 Å². The highest BCUT2D eigenvalue weighted by molar-refractivity contribution is 6.88. The molecule has 0 fully saturated rings. The largest absolute Gasteiger partial charge is 0.256 e. The average molecular weight is 410 g/mol. The highest BCUT2D eigenvalue weighted by Crippen LogP contribution is 2.34. The zero-order chi connectivity index (χ0) is 21.0. The summed E-state index contributed by atoms with van der Waals surface area (Å²) in [6, 6.07) is 22.8. The van der Waals surface area contributed by atoms with Gasteiger partial charge in [-0.05, 0) is 68.9 Å². The average Bonchev–Trinajstić information content (AvgIpc) is 2.72. The Labute approximate surface area is 177 Å². The van der Waals surface area contributed by atoms with Gasteiger partial charge in [-0.1, -0.05) is 62.1 Å². The molecule has 0 aliphatic heterocycles. The van der Waals surface area contributed by atoms with Gasteiger partial charge in [0, 0.05) is 17.1 Å². The van der Waals surface area contributed by atoms with Crippen LogP contribution in [0.1, 0.15) is 5.56 Å². The number of hydrogen-bond donors (Lipinski definition) is 0. The smallest absolute Gasteiger partial charge is 0.123 e. The van der Waals surface area contributed by atoms with Crippen LogP contribution in [0, 0.1) is 12.7 Å².